The van der Waals surface area contributed by atoms with Gasteiger partial charge >= 0.3 is 5.97 Å². The van der Waals surface area contributed by atoms with Crippen LogP contribution in [0.4, 0.5) is 0 Å². The average molecular weight is 280 g/mol. The van der Waals surface area contributed by atoms with Crippen LogP contribution in [0, 0.1) is 11.3 Å². The minimum Gasteiger partial charge on any atom is -0.463 e. The van der Waals surface area contributed by atoms with Crippen LogP contribution in [0.3, 0.4) is 0 Å². The van der Waals surface area contributed by atoms with Gasteiger partial charge in [0.25, 0.3) is 0 Å². The monoisotopic (exact) mass is 280 g/mol. The molecule has 0 saturated heterocycles. The van der Waals surface area contributed by atoms with E-state index in [4.69, 9.17) is 4.74 Å². The molecule has 0 radical (unpaired) electrons. The second kappa shape index (κ2) is 9.79. The van der Waals surface area contributed by atoms with E-state index < -0.39 is 0 Å². The number of carbonyl (C=O) groups is 1. The maximum Gasteiger partial charge on any atom is 0.330 e. The Balaban J connectivity index is 3.96. The molecular weight excluding hydrogens is 248 g/mol. The van der Waals surface area contributed by atoms with Crippen molar-refractivity contribution in [2.45, 2.75) is 67.2 Å². The van der Waals surface area contributed by atoms with Crippen molar-refractivity contribution in [1.29, 1.82) is 0 Å². The Bertz CT molecular complexity index is 332. The zero-order chi connectivity index (χ0) is 15.6. The van der Waals surface area contributed by atoms with Crippen LogP contribution in [-0.4, -0.2) is 12.6 Å². The predicted octanol–water partition coefficient (Wildman–Crippen LogP) is 5.29. The zero-order valence-electron chi connectivity index (χ0n) is 14.2. The van der Waals surface area contributed by atoms with E-state index in [-0.39, 0.29) is 5.97 Å². The summed E-state index contributed by atoms with van der Waals surface area (Å²) in [6, 6.07) is 0. The highest BCUT2D eigenvalue weighted by Gasteiger charge is 2.10. The largest absolute Gasteiger partial charge is 0.463 e. The van der Waals surface area contributed by atoms with Gasteiger partial charge < -0.3 is 4.74 Å². The van der Waals surface area contributed by atoms with Crippen molar-refractivity contribution in [2.24, 2.45) is 11.3 Å². The molecule has 0 rings (SSSR count). The second-order valence-electron chi connectivity index (χ2n) is 6.84. The van der Waals surface area contributed by atoms with Crippen molar-refractivity contribution >= 4 is 5.97 Å². The fourth-order valence-corrected chi connectivity index (χ4v) is 2.00. The molecular formula is C18H32O2. The number of carbonyl (C=O) groups excluding carboxylic acids is 1. The molecule has 0 aromatic carbocycles. The summed E-state index contributed by atoms with van der Waals surface area (Å²) in [5, 5.41) is 0. The van der Waals surface area contributed by atoms with Gasteiger partial charge in [0.15, 0.2) is 0 Å². The molecule has 2 heteroatoms. The predicted molar refractivity (Wildman–Crippen MR) is 86.6 cm³/mol. The first kappa shape index (κ1) is 18.9. The Hall–Kier alpha value is -1.05. The lowest BCUT2D eigenvalue weighted by Crippen LogP contribution is -2.05. The van der Waals surface area contributed by atoms with Crippen LogP contribution in [0.1, 0.15) is 67.2 Å². The van der Waals surface area contributed by atoms with Crippen LogP contribution in [0.5, 0.6) is 0 Å². The van der Waals surface area contributed by atoms with Gasteiger partial charge in [-0.3, -0.25) is 0 Å². The number of hydrogen-bond acceptors (Lipinski definition) is 2. The van der Waals surface area contributed by atoms with Crippen molar-refractivity contribution in [1.82, 2.24) is 0 Å². The molecule has 0 N–H and O–H groups in total. The van der Waals surface area contributed by atoms with E-state index in [0.717, 1.165) is 12.0 Å². The van der Waals surface area contributed by atoms with Crippen LogP contribution in [-0.2, 0) is 9.53 Å². The molecule has 0 spiro atoms. The fraction of sp³-hybridized carbons (Fsp3) is 0.722. The quantitative estimate of drug-likeness (QED) is 0.343. The van der Waals surface area contributed by atoms with E-state index in [0.29, 0.717) is 17.9 Å². The summed E-state index contributed by atoms with van der Waals surface area (Å²) in [5.74, 6) is 0.442. The van der Waals surface area contributed by atoms with Crippen LogP contribution in [0.15, 0.2) is 23.8 Å². The maximum absolute atomic E-state index is 11.3. The summed E-state index contributed by atoms with van der Waals surface area (Å²) in [4.78, 5) is 11.3. The normalized spacial score (nSPS) is 14.6. The molecule has 20 heavy (non-hydrogen) atoms. The van der Waals surface area contributed by atoms with E-state index in [1.165, 1.54) is 19.3 Å². The smallest absolute Gasteiger partial charge is 0.330 e. The van der Waals surface area contributed by atoms with E-state index in [2.05, 4.69) is 33.8 Å². The van der Waals surface area contributed by atoms with E-state index >= 15 is 0 Å². The molecule has 0 aromatic heterocycles. The molecule has 0 amide bonds. The molecule has 1 atom stereocenters. The molecule has 0 aliphatic rings. The molecule has 0 saturated carbocycles. The lowest BCUT2D eigenvalue weighted by molar-refractivity contribution is -0.137. The number of allylic oxidation sites excluding steroid dienone is 3. The van der Waals surface area contributed by atoms with E-state index in [9.17, 15) is 4.79 Å². The van der Waals surface area contributed by atoms with Crippen LogP contribution in [0.2, 0.25) is 0 Å². The Labute approximate surface area is 125 Å². The summed E-state index contributed by atoms with van der Waals surface area (Å²) in [6.07, 6.45) is 10.6. The molecule has 1 unspecified atom stereocenters. The summed E-state index contributed by atoms with van der Waals surface area (Å²) in [5.41, 5.74) is 1.39. The van der Waals surface area contributed by atoms with Crippen molar-refractivity contribution < 1.29 is 9.53 Å². The van der Waals surface area contributed by atoms with Gasteiger partial charge in [0.05, 0.1) is 6.61 Å². The summed E-state index contributed by atoms with van der Waals surface area (Å²) < 4.78 is 4.88. The van der Waals surface area contributed by atoms with Crippen molar-refractivity contribution in [3.05, 3.63) is 23.8 Å². The third-order valence-electron chi connectivity index (χ3n) is 3.18. The van der Waals surface area contributed by atoms with Gasteiger partial charge in [0.1, 0.15) is 0 Å². The average Bonchev–Trinajstić information content (AvgIpc) is 2.27. The summed E-state index contributed by atoms with van der Waals surface area (Å²) in [7, 11) is 0. The highest BCUT2D eigenvalue weighted by molar-refractivity contribution is 5.83. The molecule has 0 fully saturated rings. The van der Waals surface area contributed by atoms with Gasteiger partial charge in [0.2, 0.25) is 0 Å². The summed E-state index contributed by atoms with van der Waals surface area (Å²) in [6.45, 7) is 13.3. The molecule has 0 heterocycles. The molecule has 0 aromatic rings. The Morgan fingerprint density at radius 2 is 1.95 bits per heavy atom. The first-order valence-corrected chi connectivity index (χ1v) is 7.76. The van der Waals surface area contributed by atoms with Crippen LogP contribution in [0.25, 0.3) is 0 Å². The highest BCUT2D eigenvalue weighted by Crippen LogP contribution is 2.24. The van der Waals surface area contributed by atoms with Crippen molar-refractivity contribution in [2.75, 3.05) is 6.61 Å². The van der Waals surface area contributed by atoms with Crippen molar-refractivity contribution in [3.8, 4) is 0 Å². The lowest BCUT2D eigenvalue weighted by atomic mass is 9.87. The number of ether oxygens (including phenoxy) is 1. The van der Waals surface area contributed by atoms with Gasteiger partial charge in [-0.15, -0.1) is 0 Å². The zero-order valence-corrected chi connectivity index (χ0v) is 14.2. The highest BCUT2D eigenvalue weighted by atomic mass is 16.5. The van der Waals surface area contributed by atoms with E-state index in [1.807, 2.05) is 19.9 Å². The summed E-state index contributed by atoms with van der Waals surface area (Å²) >= 11 is 0. The molecule has 0 bridgehead atoms. The SMILES string of the molecule is CCOC(=O)/C=C(C)/C=C/CC(C)CCCC(C)(C)C. The maximum atomic E-state index is 11.3. The molecule has 0 aliphatic carbocycles. The Kier molecular flexibility index (Phi) is 9.28. The van der Waals surface area contributed by atoms with Crippen molar-refractivity contribution in [3.63, 3.8) is 0 Å². The Morgan fingerprint density at radius 1 is 1.30 bits per heavy atom. The van der Waals surface area contributed by atoms with Gasteiger partial charge in [-0.1, -0.05) is 52.7 Å². The number of esters is 1. The standard InChI is InChI=1S/C18H32O2/c1-7-20-17(19)14-16(3)11-8-10-15(2)12-9-13-18(4,5)6/h8,11,14-15H,7,9-10,12-13H2,1-6H3/b11-8+,16-14+. The minimum atomic E-state index is -0.257. The number of hydrogen-bond donors (Lipinski definition) is 0. The molecule has 0 aliphatic heterocycles. The van der Waals surface area contributed by atoms with Crippen LogP contribution < -0.4 is 0 Å². The third-order valence-corrected chi connectivity index (χ3v) is 3.18. The van der Waals surface area contributed by atoms with E-state index in [1.54, 1.807) is 6.08 Å². The van der Waals surface area contributed by atoms with Gasteiger partial charge in [-0.05, 0) is 43.6 Å². The first-order valence-electron chi connectivity index (χ1n) is 7.76. The van der Waals surface area contributed by atoms with Gasteiger partial charge in [-0.2, -0.15) is 0 Å². The lowest BCUT2D eigenvalue weighted by Gasteiger charge is -2.18. The Morgan fingerprint density at radius 3 is 2.50 bits per heavy atom. The number of rotatable bonds is 8. The third kappa shape index (κ3) is 12.0. The first-order chi connectivity index (χ1) is 9.24. The van der Waals surface area contributed by atoms with Gasteiger partial charge in [-0.25, -0.2) is 4.79 Å². The topological polar surface area (TPSA) is 26.3 Å². The van der Waals surface area contributed by atoms with Gasteiger partial charge in [0, 0.05) is 6.08 Å². The minimum absolute atomic E-state index is 0.257. The fourth-order valence-electron chi connectivity index (χ4n) is 2.00. The molecule has 2 nitrogen and oxygen atoms in total. The van der Waals surface area contributed by atoms with Crippen LogP contribution >= 0.6 is 0 Å². The second-order valence-corrected chi connectivity index (χ2v) is 6.84. The molecule has 116 valence electrons.